The summed E-state index contributed by atoms with van der Waals surface area (Å²) < 4.78 is 1.46. The number of imidazole rings is 1. The van der Waals surface area contributed by atoms with E-state index in [4.69, 9.17) is 0 Å². The lowest BCUT2D eigenvalue weighted by Crippen LogP contribution is -2.27. The van der Waals surface area contributed by atoms with Crippen molar-refractivity contribution in [2.45, 2.75) is 13.1 Å². The maximum Gasteiger partial charge on any atom is 0.242 e. The lowest BCUT2D eigenvalue weighted by atomic mass is 10.5. The van der Waals surface area contributed by atoms with Gasteiger partial charge < -0.3 is 10.3 Å². The van der Waals surface area contributed by atoms with Gasteiger partial charge in [-0.25, -0.2) is 14.6 Å². The highest BCUT2D eigenvalue weighted by molar-refractivity contribution is 5.75. The second kappa shape index (κ2) is 4.36. The van der Waals surface area contributed by atoms with Gasteiger partial charge in [-0.3, -0.25) is 4.79 Å². The maximum absolute atomic E-state index is 11.4. The topological polar surface area (TPSA) is 88.5 Å². The minimum absolute atomic E-state index is 0.128. The number of carbonyl (C=O) groups is 1. The molecule has 7 heteroatoms. The van der Waals surface area contributed by atoms with E-state index >= 15 is 0 Å². The monoisotopic (exact) mass is 206 g/mol. The van der Waals surface area contributed by atoms with Gasteiger partial charge >= 0.3 is 0 Å². The lowest BCUT2D eigenvalue weighted by molar-refractivity contribution is -0.122. The van der Waals surface area contributed by atoms with Gasteiger partial charge in [0.2, 0.25) is 5.91 Å². The molecule has 0 unspecified atom stereocenters. The third kappa shape index (κ3) is 2.63. The van der Waals surface area contributed by atoms with Gasteiger partial charge in [0.05, 0.1) is 6.54 Å². The van der Waals surface area contributed by atoms with Crippen LogP contribution in [0.3, 0.4) is 0 Å². The van der Waals surface area contributed by atoms with Gasteiger partial charge in [0.1, 0.15) is 25.0 Å². The van der Waals surface area contributed by atoms with E-state index in [2.05, 4.69) is 25.4 Å². The van der Waals surface area contributed by atoms with Crippen LogP contribution < -0.4 is 5.32 Å². The fourth-order valence-corrected chi connectivity index (χ4v) is 1.09. The Morgan fingerprint density at radius 1 is 1.60 bits per heavy atom. The van der Waals surface area contributed by atoms with Gasteiger partial charge in [0, 0.05) is 12.4 Å². The summed E-state index contributed by atoms with van der Waals surface area (Å²) in [5.41, 5.74) is 0. The van der Waals surface area contributed by atoms with Crippen molar-refractivity contribution in [1.29, 1.82) is 0 Å². The number of H-pyrrole nitrogens is 1. The quantitative estimate of drug-likeness (QED) is 0.693. The number of nitrogens with one attached hydrogen (secondary N) is 2. The largest absolute Gasteiger partial charge is 0.347 e. The normalized spacial score (nSPS) is 10.1. The fraction of sp³-hybridized carbons (Fsp3) is 0.250. The summed E-state index contributed by atoms with van der Waals surface area (Å²) in [6, 6.07) is 0. The van der Waals surface area contributed by atoms with Crippen molar-refractivity contribution in [3.63, 3.8) is 0 Å². The van der Waals surface area contributed by atoms with Gasteiger partial charge in [0.25, 0.3) is 0 Å². The molecule has 2 aromatic heterocycles. The Morgan fingerprint density at radius 3 is 3.20 bits per heavy atom. The molecule has 0 atom stereocenters. The Morgan fingerprint density at radius 2 is 2.53 bits per heavy atom. The van der Waals surface area contributed by atoms with Crippen molar-refractivity contribution >= 4 is 5.91 Å². The lowest BCUT2D eigenvalue weighted by Gasteiger charge is -2.02. The molecule has 2 heterocycles. The second-order valence-corrected chi connectivity index (χ2v) is 2.91. The van der Waals surface area contributed by atoms with Crippen molar-refractivity contribution in [2.24, 2.45) is 0 Å². The molecule has 0 aliphatic rings. The summed E-state index contributed by atoms with van der Waals surface area (Å²) in [5.74, 6) is 0.596. The zero-order valence-corrected chi connectivity index (χ0v) is 7.92. The second-order valence-electron chi connectivity index (χ2n) is 2.91. The van der Waals surface area contributed by atoms with Crippen molar-refractivity contribution in [3.8, 4) is 0 Å². The molecule has 78 valence electrons. The summed E-state index contributed by atoms with van der Waals surface area (Å²) in [6.45, 7) is 0.557. The van der Waals surface area contributed by atoms with Gasteiger partial charge in [-0.2, -0.15) is 5.10 Å². The Bertz CT molecular complexity index is 406. The van der Waals surface area contributed by atoms with Crippen LogP contribution in [0.25, 0.3) is 0 Å². The maximum atomic E-state index is 11.4. The zero-order chi connectivity index (χ0) is 10.5. The van der Waals surface area contributed by atoms with Crippen LogP contribution in [-0.2, 0) is 17.9 Å². The number of aromatic nitrogens is 5. The number of aromatic amines is 1. The minimum Gasteiger partial charge on any atom is -0.347 e. The van der Waals surface area contributed by atoms with Crippen LogP contribution in [0.4, 0.5) is 0 Å². The van der Waals surface area contributed by atoms with E-state index in [-0.39, 0.29) is 12.5 Å². The highest BCUT2D eigenvalue weighted by atomic mass is 16.2. The van der Waals surface area contributed by atoms with Crippen LogP contribution in [0.15, 0.2) is 25.0 Å². The molecule has 2 aromatic rings. The van der Waals surface area contributed by atoms with Crippen molar-refractivity contribution in [2.75, 3.05) is 0 Å². The third-order valence-corrected chi connectivity index (χ3v) is 1.78. The highest BCUT2D eigenvalue weighted by Crippen LogP contribution is 1.87. The minimum atomic E-state index is -0.128. The Balaban J connectivity index is 1.78. The van der Waals surface area contributed by atoms with E-state index in [9.17, 15) is 4.79 Å². The molecule has 1 amide bonds. The number of hydrogen-bond acceptors (Lipinski definition) is 4. The molecule has 0 radical (unpaired) electrons. The Kier molecular flexibility index (Phi) is 2.72. The molecule has 2 rings (SSSR count). The van der Waals surface area contributed by atoms with E-state index in [0.717, 1.165) is 5.82 Å². The number of hydrogen-bond donors (Lipinski definition) is 2. The van der Waals surface area contributed by atoms with E-state index in [1.165, 1.54) is 17.3 Å². The van der Waals surface area contributed by atoms with Gasteiger partial charge in [0.15, 0.2) is 0 Å². The molecular weight excluding hydrogens is 196 g/mol. The van der Waals surface area contributed by atoms with Crippen molar-refractivity contribution < 1.29 is 4.79 Å². The number of nitrogens with zero attached hydrogens (tertiary/aromatic N) is 4. The van der Waals surface area contributed by atoms with Crippen molar-refractivity contribution in [3.05, 3.63) is 30.9 Å². The molecule has 0 saturated heterocycles. The number of amides is 1. The van der Waals surface area contributed by atoms with Crippen molar-refractivity contribution in [1.82, 2.24) is 30.0 Å². The van der Waals surface area contributed by atoms with Crippen LogP contribution >= 0.6 is 0 Å². The molecule has 0 aliphatic carbocycles. The molecule has 0 bridgehead atoms. The van der Waals surface area contributed by atoms with Crippen LogP contribution in [0.2, 0.25) is 0 Å². The van der Waals surface area contributed by atoms with E-state index in [1.807, 2.05) is 0 Å². The molecule has 0 fully saturated rings. The van der Waals surface area contributed by atoms with Crippen LogP contribution in [0, 0.1) is 0 Å². The predicted molar refractivity (Wildman–Crippen MR) is 50.5 cm³/mol. The molecule has 7 nitrogen and oxygen atoms in total. The van der Waals surface area contributed by atoms with E-state index < -0.39 is 0 Å². The van der Waals surface area contributed by atoms with Gasteiger partial charge in [-0.15, -0.1) is 0 Å². The summed E-state index contributed by atoms with van der Waals surface area (Å²) >= 11 is 0. The molecule has 15 heavy (non-hydrogen) atoms. The summed E-state index contributed by atoms with van der Waals surface area (Å²) in [5, 5.41) is 6.52. The highest BCUT2D eigenvalue weighted by Gasteiger charge is 2.03. The molecule has 0 spiro atoms. The molecular formula is C8H10N6O. The van der Waals surface area contributed by atoms with Gasteiger partial charge in [-0.1, -0.05) is 0 Å². The summed E-state index contributed by atoms with van der Waals surface area (Å²) in [6.07, 6.45) is 6.23. The number of rotatable bonds is 4. The van der Waals surface area contributed by atoms with Crippen LogP contribution in [0.1, 0.15) is 5.82 Å². The molecule has 0 saturated carbocycles. The first kappa shape index (κ1) is 9.38. The average Bonchev–Trinajstić information content (AvgIpc) is 2.86. The smallest absolute Gasteiger partial charge is 0.242 e. The summed E-state index contributed by atoms with van der Waals surface area (Å²) in [4.78, 5) is 22.0. The first-order chi connectivity index (χ1) is 7.34. The van der Waals surface area contributed by atoms with Gasteiger partial charge in [-0.05, 0) is 0 Å². The Labute approximate surface area is 85.6 Å². The fourth-order valence-electron chi connectivity index (χ4n) is 1.09. The van der Waals surface area contributed by atoms with E-state index in [1.54, 1.807) is 12.4 Å². The van der Waals surface area contributed by atoms with E-state index in [0.29, 0.717) is 6.54 Å². The first-order valence-electron chi connectivity index (χ1n) is 4.42. The van der Waals surface area contributed by atoms with Crippen LogP contribution in [0.5, 0.6) is 0 Å². The SMILES string of the molecule is O=C(Cn1cncn1)NCc1ncc[nH]1. The predicted octanol–water partition coefficient (Wildman–Crippen LogP) is -0.682. The zero-order valence-electron chi connectivity index (χ0n) is 7.92. The molecule has 0 aliphatic heterocycles. The summed E-state index contributed by atoms with van der Waals surface area (Å²) in [7, 11) is 0. The van der Waals surface area contributed by atoms with Crippen LogP contribution in [-0.4, -0.2) is 30.6 Å². The molecule has 0 aromatic carbocycles. The Hall–Kier alpha value is -2.18. The molecule has 2 N–H and O–H groups in total. The standard InChI is InChI=1S/C8H10N6O/c15-8(4-14-6-9-5-13-14)12-3-7-10-1-2-11-7/h1-2,5-6H,3-4H2,(H,10,11)(H,12,15). The third-order valence-electron chi connectivity index (χ3n) is 1.78. The average molecular weight is 206 g/mol. The number of carbonyl (C=O) groups excluding carboxylic acids is 1. The first-order valence-corrected chi connectivity index (χ1v) is 4.42.